The second kappa shape index (κ2) is 9.17. The van der Waals surface area contributed by atoms with Crippen molar-refractivity contribution in [1.82, 2.24) is 5.43 Å². The molecule has 1 aliphatic heterocycles. The molecule has 1 heterocycles. The Labute approximate surface area is 189 Å². The minimum atomic E-state index is -0.464. The van der Waals surface area contributed by atoms with Crippen molar-refractivity contribution in [3.05, 3.63) is 58.9 Å². The lowest BCUT2D eigenvalue weighted by Gasteiger charge is -2.36. The number of hydrazine groups is 1. The molecule has 2 fully saturated rings. The monoisotopic (exact) mass is 443 g/mol. The average molecular weight is 444 g/mol. The molecular formula is C25H31ClFN3O. The average Bonchev–Trinajstić information content (AvgIpc) is 2.91. The number of nitrogens with zero attached hydrogens (tertiary/aromatic N) is 1. The van der Waals surface area contributed by atoms with Crippen LogP contribution < -0.4 is 15.8 Å². The van der Waals surface area contributed by atoms with E-state index in [2.05, 4.69) is 35.7 Å². The number of halogens is 2. The topological polar surface area (TPSA) is 44.4 Å². The zero-order valence-electron chi connectivity index (χ0n) is 18.3. The van der Waals surface area contributed by atoms with Crippen molar-refractivity contribution in [3.8, 4) is 0 Å². The number of benzene rings is 2. The van der Waals surface area contributed by atoms with E-state index >= 15 is 0 Å². The fourth-order valence-corrected chi connectivity index (χ4v) is 5.63. The Morgan fingerprint density at radius 1 is 1.16 bits per heavy atom. The van der Waals surface area contributed by atoms with Crippen LogP contribution in [0, 0.1) is 11.2 Å². The van der Waals surface area contributed by atoms with Crippen molar-refractivity contribution in [2.24, 2.45) is 5.41 Å². The highest BCUT2D eigenvalue weighted by Gasteiger charge is 2.49. The van der Waals surface area contributed by atoms with Gasteiger partial charge in [-0.05, 0) is 57.0 Å². The fraction of sp³-hybridized carbons (Fsp3) is 0.480. The molecule has 6 heteroatoms. The van der Waals surface area contributed by atoms with Crippen LogP contribution in [-0.2, 0) is 11.2 Å². The van der Waals surface area contributed by atoms with Crippen LogP contribution in [0.4, 0.5) is 15.8 Å². The number of nitrogens with one attached hydrogen (secondary N) is 2. The van der Waals surface area contributed by atoms with Crippen molar-refractivity contribution in [2.75, 3.05) is 10.3 Å². The first-order chi connectivity index (χ1) is 14.9. The van der Waals surface area contributed by atoms with Crippen LogP contribution in [-0.4, -0.2) is 18.0 Å². The number of hydrogen-bond acceptors (Lipinski definition) is 3. The molecule has 1 amide bonds. The molecule has 2 N–H and O–H groups in total. The summed E-state index contributed by atoms with van der Waals surface area (Å²) in [6.45, 7) is 4.61. The van der Waals surface area contributed by atoms with E-state index in [1.54, 1.807) is 6.07 Å². The molecule has 2 atom stereocenters. The Hall–Kier alpha value is -2.11. The third-order valence-corrected chi connectivity index (χ3v) is 7.61. The first-order valence-electron chi connectivity index (χ1n) is 11.3. The molecule has 0 bridgehead atoms. The minimum absolute atomic E-state index is 0.103. The number of anilines is 2. The Morgan fingerprint density at radius 3 is 2.58 bits per heavy atom. The molecule has 0 aromatic heterocycles. The van der Waals surface area contributed by atoms with Gasteiger partial charge in [-0.15, -0.1) is 0 Å². The van der Waals surface area contributed by atoms with E-state index in [1.807, 2.05) is 18.2 Å². The summed E-state index contributed by atoms with van der Waals surface area (Å²) in [5.74, 6) is -0.755. The summed E-state index contributed by atoms with van der Waals surface area (Å²) in [5.41, 5.74) is 5.91. The van der Waals surface area contributed by atoms with Gasteiger partial charge >= 0.3 is 0 Å². The van der Waals surface area contributed by atoms with Gasteiger partial charge in [0.15, 0.2) is 0 Å². The second-order valence-electron chi connectivity index (χ2n) is 9.02. The van der Waals surface area contributed by atoms with Gasteiger partial charge in [-0.1, -0.05) is 49.4 Å². The minimum Gasteiger partial charge on any atom is -0.326 e. The van der Waals surface area contributed by atoms with E-state index in [1.165, 1.54) is 50.7 Å². The molecule has 2 aromatic carbocycles. The van der Waals surface area contributed by atoms with Gasteiger partial charge in [0.2, 0.25) is 5.91 Å². The Morgan fingerprint density at radius 2 is 1.87 bits per heavy atom. The molecule has 1 aliphatic carbocycles. The molecule has 2 aromatic rings. The fourth-order valence-electron chi connectivity index (χ4n) is 5.40. The third-order valence-electron chi connectivity index (χ3n) is 7.26. The highest BCUT2D eigenvalue weighted by atomic mass is 35.5. The smallest absolute Gasteiger partial charge is 0.228 e. The normalized spacial score (nSPS) is 23.0. The highest BCUT2D eigenvalue weighted by Crippen LogP contribution is 2.47. The number of amides is 1. The molecule has 2 unspecified atom stereocenters. The predicted molar refractivity (Wildman–Crippen MR) is 125 cm³/mol. The second-order valence-corrected chi connectivity index (χ2v) is 9.43. The first kappa shape index (κ1) is 22.1. The molecule has 1 saturated heterocycles. The lowest BCUT2D eigenvalue weighted by molar-refractivity contribution is -0.115. The van der Waals surface area contributed by atoms with Crippen LogP contribution in [0.5, 0.6) is 0 Å². The van der Waals surface area contributed by atoms with E-state index in [9.17, 15) is 9.18 Å². The van der Waals surface area contributed by atoms with Crippen LogP contribution in [0.25, 0.3) is 0 Å². The van der Waals surface area contributed by atoms with Crippen LogP contribution in [0.2, 0.25) is 5.02 Å². The molecule has 4 nitrogen and oxygen atoms in total. The van der Waals surface area contributed by atoms with Crippen LogP contribution in [0.15, 0.2) is 42.5 Å². The maximum atomic E-state index is 14.0. The van der Waals surface area contributed by atoms with Gasteiger partial charge in [0.05, 0.1) is 12.1 Å². The molecule has 4 rings (SSSR count). The summed E-state index contributed by atoms with van der Waals surface area (Å²) in [4.78, 5) is 12.6. The van der Waals surface area contributed by atoms with Gasteiger partial charge in [-0.2, -0.15) is 0 Å². The standard InChI is InChI=1S/C25H31ClFN3O/c1-17-25(13-5-3-4-6-14-25)18(2)30(29-17)20-10-7-9-19(15-20)28-24(31)16-21-22(26)11-8-12-23(21)27/h7-12,15,17-18,29H,3-6,13-14,16H2,1-2H3,(H,28,31). The number of carbonyl (C=O) groups excluding carboxylic acids is 1. The molecule has 2 aliphatic rings. The first-order valence-corrected chi connectivity index (χ1v) is 11.7. The van der Waals surface area contributed by atoms with Gasteiger partial charge in [0.1, 0.15) is 5.82 Å². The van der Waals surface area contributed by atoms with E-state index in [-0.39, 0.29) is 28.3 Å². The largest absolute Gasteiger partial charge is 0.326 e. The predicted octanol–water partition coefficient (Wildman–Crippen LogP) is 6.10. The maximum absolute atomic E-state index is 14.0. The number of hydrogen-bond donors (Lipinski definition) is 2. The lowest BCUT2D eigenvalue weighted by atomic mass is 9.71. The third kappa shape index (κ3) is 4.44. The SMILES string of the molecule is CC1NN(c2cccc(NC(=O)Cc3c(F)cccc3Cl)c2)C(C)C12CCCCCC2. The van der Waals surface area contributed by atoms with E-state index in [0.717, 1.165) is 5.69 Å². The molecule has 1 saturated carbocycles. The van der Waals surface area contributed by atoms with Gasteiger partial charge in [-0.25, -0.2) is 9.82 Å². The summed E-state index contributed by atoms with van der Waals surface area (Å²) in [6, 6.07) is 13.1. The van der Waals surface area contributed by atoms with Gasteiger partial charge in [0.25, 0.3) is 0 Å². The van der Waals surface area contributed by atoms with Crippen molar-refractivity contribution in [2.45, 2.75) is 70.9 Å². The van der Waals surface area contributed by atoms with Gasteiger partial charge < -0.3 is 10.3 Å². The summed E-state index contributed by atoms with van der Waals surface area (Å²) in [6.07, 6.45) is 7.63. The molecule has 166 valence electrons. The van der Waals surface area contributed by atoms with Crippen molar-refractivity contribution in [1.29, 1.82) is 0 Å². The van der Waals surface area contributed by atoms with Crippen molar-refractivity contribution in [3.63, 3.8) is 0 Å². The number of carbonyl (C=O) groups is 1. The van der Waals surface area contributed by atoms with E-state index in [4.69, 9.17) is 11.6 Å². The molecule has 0 radical (unpaired) electrons. The van der Waals surface area contributed by atoms with Crippen LogP contribution in [0.3, 0.4) is 0 Å². The van der Waals surface area contributed by atoms with Crippen molar-refractivity contribution >= 4 is 28.9 Å². The lowest BCUT2D eigenvalue weighted by Crippen LogP contribution is -2.40. The van der Waals surface area contributed by atoms with E-state index < -0.39 is 5.82 Å². The zero-order chi connectivity index (χ0) is 22.0. The van der Waals surface area contributed by atoms with Gasteiger partial charge in [-0.3, -0.25) is 4.79 Å². The summed E-state index contributed by atoms with van der Waals surface area (Å²) < 4.78 is 14.0. The van der Waals surface area contributed by atoms with Crippen LogP contribution in [0.1, 0.15) is 57.9 Å². The summed E-state index contributed by atoms with van der Waals surface area (Å²) >= 11 is 6.07. The Kier molecular flexibility index (Phi) is 6.54. The Bertz CT molecular complexity index is 922. The van der Waals surface area contributed by atoms with Crippen LogP contribution >= 0.6 is 11.6 Å². The van der Waals surface area contributed by atoms with Gasteiger partial charge in [0, 0.05) is 33.8 Å². The molecule has 31 heavy (non-hydrogen) atoms. The summed E-state index contributed by atoms with van der Waals surface area (Å²) in [5, 5.41) is 5.43. The maximum Gasteiger partial charge on any atom is 0.228 e. The zero-order valence-corrected chi connectivity index (χ0v) is 19.0. The van der Waals surface area contributed by atoms with Crippen molar-refractivity contribution < 1.29 is 9.18 Å². The molecule has 1 spiro atoms. The highest BCUT2D eigenvalue weighted by molar-refractivity contribution is 6.31. The quantitative estimate of drug-likeness (QED) is 0.599. The Balaban J connectivity index is 1.49. The van der Waals surface area contributed by atoms with E-state index in [0.29, 0.717) is 17.8 Å². The number of rotatable bonds is 4. The molecular weight excluding hydrogens is 413 g/mol. The summed E-state index contributed by atoms with van der Waals surface area (Å²) in [7, 11) is 0.